The molecular weight excluding hydrogens is 448 g/mol. The predicted octanol–water partition coefficient (Wildman–Crippen LogP) is 4.33. The quantitative estimate of drug-likeness (QED) is 0.544. The van der Waals surface area contributed by atoms with Crippen LogP contribution in [-0.4, -0.2) is 44.9 Å². The van der Waals surface area contributed by atoms with Crippen molar-refractivity contribution in [2.75, 3.05) is 26.2 Å². The van der Waals surface area contributed by atoms with Gasteiger partial charge in [0.2, 0.25) is 15.9 Å². The molecule has 1 amide bonds. The molecule has 0 saturated carbocycles. The topological polar surface area (TPSA) is 75.7 Å². The van der Waals surface area contributed by atoms with Crippen molar-refractivity contribution < 1.29 is 17.9 Å². The number of nitrogens with zero attached hydrogens (tertiary/aromatic N) is 1. The van der Waals surface area contributed by atoms with Crippen LogP contribution in [-0.2, 0) is 14.8 Å². The van der Waals surface area contributed by atoms with Crippen LogP contribution in [0.2, 0.25) is 5.02 Å². The molecule has 0 bridgehead atoms. The Bertz CT molecular complexity index is 1020. The van der Waals surface area contributed by atoms with E-state index in [1.54, 1.807) is 24.3 Å². The Morgan fingerprint density at radius 2 is 1.75 bits per heavy atom. The highest BCUT2D eigenvalue weighted by atomic mass is 35.5. The van der Waals surface area contributed by atoms with Gasteiger partial charge in [-0.3, -0.25) is 4.79 Å². The number of benzene rings is 2. The third-order valence-electron chi connectivity index (χ3n) is 5.89. The molecule has 8 heteroatoms. The molecule has 1 N–H and O–H groups in total. The van der Waals surface area contributed by atoms with E-state index >= 15 is 0 Å². The number of unbranched alkanes of at least 4 members (excludes halogenated alkanes) is 1. The van der Waals surface area contributed by atoms with Crippen LogP contribution in [0.4, 0.5) is 0 Å². The molecule has 2 aromatic carbocycles. The molecule has 2 aromatic rings. The van der Waals surface area contributed by atoms with E-state index in [-0.39, 0.29) is 11.8 Å². The number of nitrogens with one attached hydrogen (secondary N) is 1. The zero-order chi connectivity index (χ0) is 23.1. The molecule has 1 heterocycles. The molecule has 0 atom stereocenters. The summed E-state index contributed by atoms with van der Waals surface area (Å²) in [6, 6.07) is 12.5. The highest BCUT2D eigenvalue weighted by Crippen LogP contribution is 2.25. The molecule has 0 spiro atoms. The lowest BCUT2D eigenvalue weighted by molar-refractivity contribution is -0.126. The first kappa shape index (κ1) is 24.6. The van der Waals surface area contributed by atoms with Gasteiger partial charge < -0.3 is 10.1 Å². The summed E-state index contributed by atoms with van der Waals surface area (Å²) in [7, 11) is -3.52. The van der Waals surface area contributed by atoms with E-state index in [4.69, 9.17) is 16.3 Å². The smallest absolute Gasteiger partial charge is 0.243 e. The van der Waals surface area contributed by atoms with E-state index in [1.807, 2.05) is 32.0 Å². The van der Waals surface area contributed by atoms with Crippen LogP contribution in [0.3, 0.4) is 0 Å². The number of rotatable bonds is 9. The van der Waals surface area contributed by atoms with Gasteiger partial charge in [0.1, 0.15) is 5.75 Å². The zero-order valence-electron chi connectivity index (χ0n) is 18.6. The third-order valence-corrected chi connectivity index (χ3v) is 8.04. The molecular formula is C24H31ClN2O4S. The fourth-order valence-corrected chi connectivity index (χ4v) is 5.37. The van der Waals surface area contributed by atoms with E-state index in [1.165, 1.54) is 4.31 Å². The highest BCUT2D eigenvalue weighted by Gasteiger charge is 2.32. The van der Waals surface area contributed by atoms with Gasteiger partial charge in [0, 0.05) is 30.6 Å². The summed E-state index contributed by atoms with van der Waals surface area (Å²) in [5.74, 6) is 0.638. The van der Waals surface area contributed by atoms with Gasteiger partial charge in [-0.2, -0.15) is 4.31 Å². The van der Waals surface area contributed by atoms with Gasteiger partial charge in [-0.25, -0.2) is 8.42 Å². The Hall–Kier alpha value is -2.09. The molecule has 1 aliphatic heterocycles. The van der Waals surface area contributed by atoms with E-state index < -0.39 is 10.0 Å². The number of carbonyl (C=O) groups excluding carboxylic acids is 1. The second-order valence-electron chi connectivity index (χ2n) is 8.22. The normalized spacial score (nSPS) is 15.5. The number of halogens is 1. The van der Waals surface area contributed by atoms with Crippen molar-refractivity contribution in [1.29, 1.82) is 0 Å². The standard InChI is InChI=1S/C24H31ClN2O4S/c1-18-5-10-23(17-19(18)2)32(29,30)27-14-11-20(12-15-27)24(28)26-13-3-4-16-31-22-8-6-21(25)7-9-22/h5-10,17,20H,3-4,11-16H2,1-2H3,(H,26,28). The van der Waals surface area contributed by atoms with Crippen LogP contribution in [0.1, 0.15) is 36.8 Å². The van der Waals surface area contributed by atoms with Crippen molar-refractivity contribution in [2.24, 2.45) is 5.92 Å². The maximum atomic E-state index is 12.9. The van der Waals surface area contributed by atoms with E-state index in [2.05, 4.69) is 5.32 Å². The molecule has 32 heavy (non-hydrogen) atoms. The molecule has 1 saturated heterocycles. The van der Waals surface area contributed by atoms with Gasteiger partial charge in [0.05, 0.1) is 11.5 Å². The molecule has 3 rings (SSSR count). The Balaban J connectivity index is 1.36. The molecule has 174 valence electrons. The number of piperidine rings is 1. The number of hydrogen-bond donors (Lipinski definition) is 1. The first-order valence-corrected chi connectivity index (χ1v) is 12.8. The fraction of sp³-hybridized carbons (Fsp3) is 0.458. The van der Waals surface area contributed by atoms with Crippen molar-refractivity contribution in [3.63, 3.8) is 0 Å². The Morgan fingerprint density at radius 1 is 1.06 bits per heavy atom. The average molecular weight is 479 g/mol. The second kappa shape index (κ2) is 11.2. The molecule has 0 unspecified atom stereocenters. The van der Waals surface area contributed by atoms with Crippen LogP contribution in [0, 0.1) is 19.8 Å². The van der Waals surface area contributed by atoms with E-state index in [0.29, 0.717) is 49.0 Å². The fourth-order valence-electron chi connectivity index (χ4n) is 3.69. The van der Waals surface area contributed by atoms with Crippen molar-refractivity contribution in [3.8, 4) is 5.75 Å². The lowest BCUT2D eigenvalue weighted by atomic mass is 9.97. The minimum absolute atomic E-state index is 0.00634. The largest absolute Gasteiger partial charge is 0.494 e. The average Bonchev–Trinajstić information content (AvgIpc) is 2.79. The summed E-state index contributed by atoms with van der Waals surface area (Å²) in [5, 5.41) is 3.65. The summed E-state index contributed by atoms with van der Waals surface area (Å²) >= 11 is 5.85. The maximum absolute atomic E-state index is 12.9. The van der Waals surface area contributed by atoms with Gasteiger partial charge in [0.25, 0.3) is 0 Å². The zero-order valence-corrected chi connectivity index (χ0v) is 20.2. The van der Waals surface area contributed by atoms with Crippen molar-refractivity contribution in [3.05, 3.63) is 58.6 Å². The number of ether oxygens (including phenoxy) is 1. The van der Waals surface area contributed by atoms with Gasteiger partial charge in [-0.15, -0.1) is 0 Å². The van der Waals surface area contributed by atoms with E-state index in [9.17, 15) is 13.2 Å². The number of aryl methyl sites for hydroxylation is 2. The highest BCUT2D eigenvalue weighted by molar-refractivity contribution is 7.89. The van der Waals surface area contributed by atoms with Crippen LogP contribution in [0.25, 0.3) is 0 Å². The number of hydrogen-bond acceptors (Lipinski definition) is 4. The van der Waals surface area contributed by atoms with Crippen LogP contribution >= 0.6 is 11.6 Å². The van der Waals surface area contributed by atoms with E-state index in [0.717, 1.165) is 29.7 Å². The predicted molar refractivity (Wildman–Crippen MR) is 127 cm³/mol. The molecule has 1 aliphatic rings. The number of carbonyl (C=O) groups is 1. The minimum atomic E-state index is -3.52. The second-order valence-corrected chi connectivity index (χ2v) is 10.6. The van der Waals surface area contributed by atoms with Gasteiger partial charge in [-0.1, -0.05) is 17.7 Å². The monoisotopic (exact) mass is 478 g/mol. The first-order valence-electron chi connectivity index (χ1n) is 11.0. The third kappa shape index (κ3) is 6.47. The minimum Gasteiger partial charge on any atom is -0.494 e. The molecule has 0 radical (unpaired) electrons. The summed E-state index contributed by atoms with van der Waals surface area (Å²) in [4.78, 5) is 12.8. The molecule has 6 nitrogen and oxygen atoms in total. The van der Waals surface area contributed by atoms with Gasteiger partial charge in [-0.05, 0) is 87.1 Å². The lowest BCUT2D eigenvalue weighted by Crippen LogP contribution is -2.43. The van der Waals surface area contributed by atoms with Gasteiger partial charge in [0.15, 0.2) is 0 Å². The first-order chi connectivity index (χ1) is 15.3. The Morgan fingerprint density at radius 3 is 2.41 bits per heavy atom. The maximum Gasteiger partial charge on any atom is 0.243 e. The Kier molecular flexibility index (Phi) is 8.57. The summed E-state index contributed by atoms with van der Waals surface area (Å²) < 4.78 is 33.0. The summed E-state index contributed by atoms with van der Waals surface area (Å²) in [5.41, 5.74) is 2.02. The Labute approximate surface area is 196 Å². The summed E-state index contributed by atoms with van der Waals surface area (Å²) in [6.07, 6.45) is 2.72. The lowest BCUT2D eigenvalue weighted by Gasteiger charge is -2.30. The van der Waals surface area contributed by atoms with Crippen LogP contribution in [0.15, 0.2) is 47.4 Å². The van der Waals surface area contributed by atoms with Crippen molar-refractivity contribution in [1.82, 2.24) is 9.62 Å². The molecule has 0 aliphatic carbocycles. The SMILES string of the molecule is Cc1ccc(S(=O)(=O)N2CCC(C(=O)NCCCCOc3ccc(Cl)cc3)CC2)cc1C. The van der Waals surface area contributed by atoms with Crippen molar-refractivity contribution in [2.45, 2.75) is 44.4 Å². The van der Waals surface area contributed by atoms with Crippen LogP contribution < -0.4 is 10.1 Å². The van der Waals surface area contributed by atoms with Gasteiger partial charge >= 0.3 is 0 Å². The van der Waals surface area contributed by atoms with Crippen molar-refractivity contribution >= 4 is 27.5 Å². The number of amides is 1. The molecule has 1 fully saturated rings. The number of sulfonamides is 1. The summed E-state index contributed by atoms with van der Waals surface area (Å²) in [6.45, 7) is 5.76. The van der Waals surface area contributed by atoms with Crippen LogP contribution in [0.5, 0.6) is 5.75 Å². The molecule has 0 aromatic heterocycles.